The van der Waals surface area contributed by atoms with Gasteiger partial charge in [0, 0.05) is 13.8 Å². The van der Waals surface area contributed by atoms with Gasteiger partial charge in [-0.3, -0.25) is 19.2 Å². The molecule has 8 fully saturated rings. The number of ether oxygens (including phenoxy) is 10. The van der Waals surface area contributed by atoms with E-state index in [1.54, 1.807) is 6.92 Å². The van der Waals surface area contributed by atoms with Crippen molar-refractivity contribution >= 4 is 23.9 Å². The van der Waals surface area contributed by atoms with Crippen molar-refractivity contribution in [2.75, 3.05) is 19.8 Å². The van der Waals surface area contributed by atoms with E-state index in [2.05, 4.69) is 40.7 Å². The van der Waals surface area contributed by atoms with Crippen molar-refractivity contribution < 1.29 is 123 Å². The first kappa shape index (κ1) is 63.4. The molecule has 0 radical (unpaired) electrons. The number of hydrogen-bond acceptors (Lipinski definition) is 24. The first-order valence-electron chi connectivity index (χ1n) is 29.0. The second-order valence-electron chi connectivity index (χ2n) is 26.7. The molecule has 466 valence electrons. The molecule has 4 heterocycles. The highest BCUT2D eigenvalue weighted by Gasteiger charge is 2.71. The van der Waals surface area contributed by atoms with E-state index in [1.807, 2.05) is 0 Å². The minimum Gasteiger partial charge on any atom is -0.481 e. The maximum absolute atomic E-state index is 15.2. The molecule has 82 heavy (non-hydrogen) atoms. The standard InChI is InChI=1S/C57H88O25/c1-24-35(61)38(64)41(67)47(75-24)81-44-29(21-58)78-46(43(69)40(44)66)73-22-30-36(62)39(65)42(68)48(79-30)82-51(72)57-18-16-53(6,50(70)71)20-28(57)27-10-11-33-54(7)14-13-34(52(4,5)32(54)12-15-56(33,9)55(27,8)17-19-57)80-49-45(77-26(3)60)37(63)31(23-74-49)76-25(2)59/h10,24,28-49,58,61-69H,11-23H2,1-9H3,(H,70,71). The third-order valence-electron chi connectivity index (χ3n) is 21.8. The minimum atomic E-state index is -1.97. The molecule has 0 aromatic heterocycles. The quantitative estimate of drug-likeness (QED) is 0.0494. The fourth-order valence-electron chi connectivity index (χ4n) is 16.7. The van der Waals surface area contributed by atoms with E-state index in [9.17, 15) is 70.6 Å². The molecule has 4 saturated heterocycles. The van der Waals surface area contributed by atoms with Crippen LogP contribution in [-0.4, -0.2) is 223 Å². The lowest BCUT2D eigenvalue weighted by Crippen LogP contribution is -2.66. The van der Waals surface area contributed by atoms with Crippen LogP contribution in [0.15, 0.2) is 11.6 Å². The number of carboxylic acid groups (broad SMARTS) is 1. The Morgan fingerprint density at radius 2 is 1.26 bits per heavy atom. The summed E-state index contributed by atoms with van der Waals surface area (Å²) in [6.45, 7) is 15.1. The molecule has 5 aliphatic carbocycles. The lowest BCUT2D eigenvalue weighted by Gasteiger charge is -2.71. The maximum atomic E-state index is 15.2. The number of carbonyl (C=O) groups is 4. The second kappa shape index (κ2) is 23.2. The van der Waals surface area contributed by atoms with Crippen LogP contribution in [0.5, 0.6) is 0 Å². The van der Waals surface area contributed by atoms with Crippen LogP contribution < -0.4 is 0 Å². The molecule has 0 aromatic rings. The van der Waals surface area contributed by atoms with Crippen LogP contribution in [0.3, 0.4) is 0 Å². The van der Waals surface area contributed by atoms with Crippen LogP contribution in [0.4, 0.5) is 0 Å². The molecule has 0 aromatic carbocycles. The Morgan fingerprint density at radius 3 is 1.91 bits per heavy atom. The van der Waals surface area contributed by atoms with Crippen molar-refractivity contribution in [2.24, 2.45) is 50.2 Å². The number of allylic oxidation sites excluding steroid dienone is 2. The van der Waals surface area contributed by atoms with Crippen LogP contribution >= 0.6 is 0 Å². The zero-order valence-electron chi connectivity index (χ0n) is 48.2. The van der Waals surface area contributed by atoms with Gasteiger partial charge in [0.2, 0.25) is 6.29 Å². The van der Waals surface area contributed by atoms with Gasteiger partial charge in [-0.1, -0.05) is 46.3 Å². The van der Waals surface area contributed by atoms with Crippen molar-refractivity contribution in [3.8, 4) is 0 Å². The van der Waals surface area contributed by atoms with Gasteiger partial charge in [-0.2, -0.15) is 0 Å². The largest absolute Gasteiger partial charge is 0.481 e. The summed E-state index contributed by atoms with van der Waals surface area (Å²) in [4.78, 5) is 52.4. The maximum Gasteiger partial charge on any atom is 0.315 e. The van der Waals surface area contributed by atoms with Crippen LogP contribution in [0.2, 0.25) is 0 Å². The molecule has 0 bridgehead atoms. The number of aliphatic hydroxyl groups is 10. The summed E-state index contributed by atoms with van der Waals surface area (Å²) in [5.74, 6) is -3.41. The Labute approximate surface area is 476 Å². The van der Waals surface area contributed by atoms with Crippen molar-refractivity contribution in [3.63, 3.8) is 0 Å². The molecule has 11 N–H and O–H groups in total. The van der Waals surface area contributed by atoms with Gasteiger partial charge in [0.1, 0.15) is 73.2 Å². The van der Waals surface area contributed by atoms with Crippen LogP contribution in [0, 0.1) is 50.2 Å². The van der Waals surface area contributed by atoms with Crippen LogP contribution in [0.1, 0.15) is 127 Å². The predicted molar refractivity (Wildman–Crippen MR) is 276 cm³/mol. The van der Waals surface area contributed by atoms with Gasteiger partial charge >= 0.3 is 23.9 Å². The minimum absolute atomic E-state index is 0.111. The van der Waals surface area contributed by atoms with Crippen LogP contribution in [-0.2, 0) is 66.5 Å². The van der Waals surface area contributed by atoms with Gasteiger partial charge in [0.05, 0.1) is 42.9 Å². The van der Waals surface area contributed by atoms with E-state index in [1.165, 1.54) is 20.8 Å². The lowest BCUT2D eigenvalue weighted by molar-refractivity contribution is -0.361. The first-order chi connectivity index (χ1) is 38.3. The van der Waals surface area contributed by atoms with E-state index in [0.29, 0.717) is 25.7 Å². The molecule has 4 saturated carbocycles. The number of aliphatic hydroxyl groups excluding tert-OH is 10. The normalized spacial score (nSPS) is 50.9. The summed E-state index contributed by atoms with van der Waals surface area (Å²) in [5.41, 5.74) is -3.07. The van der Waals surface area contributed by atoms with Crippen LogP contribution in [0.25, 0.3) is 0 Å². The zero-order chi connectivity index (χ0) is 60.1. The van der Waals surface area contributed by atoms with Gasteiger partial charge in [-0.05, 0) is 117 Å². The SMILES string of the molecule is CC(=O)OC1COC(OC2CCC3(C)C(CCC4(C)C3CC=C3C5CC(C)(C(=O)O)CCC5(C(=O)OC5OC(COC6OC(CO)C(OC7OC(C)C(O)C(O)C7O)C(O)C6O)C(O)C(O)C5O)CCC34C)C2(C)C)C(OC(C)=O)C1O. The molecule has 25 nitrogen and oxygen atoms in total. The fourth-order valence-corrected chi connectivity index (χ4v) is 16.7. The van der Waals surface area contributed by atoms with E-state index in [-0.39, 0.29) is 54.6 Å². The van der Waals surface area contributed by atoms with Gasteiger partial charge in [0.15, 0.2) is 31.1 Å². The smallest absolute Gasteiger partial charge is 0.315 e. The number of rotatable bonds is 13. The predicted octanol–water partition coefficient (Wildman–Crippen LogP) is -0.162. The van der Waals surface area contributed by atoms with Gasteiger partial charge < -0.3 is 104 Å². The Balaban J connectivity index is 0.909. The average molecular weight is 1170 g/mol. The van der Waals surface area contributed by atoms with E-state index in [0.717, 1.165) is 24.8 Å². The second-order valence-corrected chi connectivity index (χ2v) is 26.7. The van der Waals surface area contributed by atoms with Gasteiger partial charge in [0.25, 0.3) is 0 Å². The summed E-state index contributed by atoms with van der Waals surface area (Å²) in [6, 6.07) is 0. The molecular formula is C57H88O25. The molecule has 0 spiro atoms. The number of hydrogen-bond donors (Lipinski definition) is 11. The molecule has 28 unspecified atom stereocenters. The van der Waals surface area contributed by atoms with Crippen molar-refractivity contribution in [3.05, 3.63) is 11.6 Å². The summed E-state index contributed by atoms with van der Waals surface area (Å²) in [5, 5.41) is 119. The molecule has 25 heteroatoms. The topological polar surface area (TPSA) is 383 Å². The molecule has 9 aliphatic rings. The Bertz CT molecular complexity index is 2390. The third kappa shape index (κ3) is 10.7. The number of carbonyl (C=O) groups excluding carboxylic acids is 3. The Kier molecular flexibility index (Phi) is 18.0. The fraction of sp³-hybridized carbons (Fsp3) is 0.895. The van der Waals surface area contributed by atoms with E-state index < -0.39 is 181 Å². The first-order valence-corrected chi connectivity index (χ1v) is 29.0. The lowest BCUT2D eigenvalue weighted by atomic mass is 9.33. The Morgan fingerprint density at radius 1 is 0.622 bits per heavy atom. The van der Waals surface area contributed by atoms with Crippen molar-refractivity contribution in [2.45, 2.75) is 249 Å². The van der Waals surface area contributed by atoms with Gasteiger partial charge in [-0.15, -0.1) is 0 Å². The molecule has 28 atom stereocenters. The summed E-state index contributed by atoms with van der Waals surface area (Å²) >= 11 is 0. The zero-order valence-corrected chi connectivity index (χ0v) is 48.2. The Hall–Kier alpha value is -3.06. The highest BCUT2D eigenvalue weighted by atomic mass is 16.8. The summed E-state index contributed by atoms with van der Waals surface area (Å²) in [7, 11) is 0. The van der Waals surface area contributed by atoms with Crippen molar-refractivity contribution in [1.82, 2.24) is 0 Å². The number of carboxylic acids is 1. The molecular weight excluding hydrogens is 1080 g/mol. The average Bonchev–Trinajstić information content (AvgIpc) is 3.17. The van der Waals surface area contributed by atoms with Crippen molar-refractivity contribution in [1.29, 1.82) is 0 Å². The third-order valence-corrected chi connectivity index (χ3v) is 21.8. The number of aliphatic carboxylic acids is 1. The monoisotopic (exact) mass is 1170 g/mol. The number of esters is 3. The highest BCUT2D eigenvalue weighted by Crippen LogP contribution is 2.76. The molecule has 4 aliphatic heterocycles. The highest BCUT2D eigenvalue weighted by molar-refractivity contribution is 5.81. The summed E-state index contributed by atoms with van der Waals surface area (Å²) < 4.78 is 58.3. The van der Waals surface area contributed by atoms with Gasteiger partial charge in [-0.25, -0.2) is 0 Å². The summed E-state index contributed by atoms with van der Waals surface area (Å²) in [6.07, 6.45) is -23.5. The van der Waals surface area contributed by atoms with E-state index in [4.69, 9.17) is 47.4 Å². The van der Waals surface area contributed by atoms with E-state index >= 15 is 4.79 Å². The number of fused-ring (bicyclic) bond motifs is 7. The molecule has 0 amide bonds. The molecule has 9 rings (SSSR count).